The fraction of sp³-hybridized carbons (Fsp3) is 0.319. The van der Waals surface area contributed by atoms with Gasteiger partial charge in [0.05, 0.1) is 5.69 Å². The standard InChI is InChI=1S/C47H50N4O.Pd/c1-28(2)33-23-36(51-32(6)45(31(5)49-51)44-29(3)21-35(22-30(44)4)47(10,11)12)26-38(24-33)52-37-17-18-40-39-15-13-14-16-41(39)50(42(40)27-37)43-25-34(19-20-48-43)46(7,8)9;/h13-25,28H,1-12H3;/q-2;+2. The zero-order valence-corrected chi connectivity index (χ0v) is 34.7. The third kappa shape index (κ3) is 7.12. The van der Waals surface area contributed by atoms with Crippen LogP contribution in [0.5, 0.6) is 11.5 Å². The van der Waals surface area contributed by atoms with Gasteiger partial charge in [-0.25, -0.2) is 4.98 Å². The van der Waals surface area contributed by atoms with Crippen LogP contribution in [-0.2, 0) is 31.3 Å². The number of pyridine rings is 1. The van der Waals surface area contributed by atoms with Crippen LogP contribution in [0.2, 0.25) is 0 Å². The van der Waals surface area contributed by atoms with Gasteiger partial charge in [0.15, 0.2) is 0 Å². The number of rotatable bonds is 6. The number of benzene rings is 4. The van der Waals surface area contributed by atoms with Crippen molar-refractivity contribution in [2.75, 3.05) is 0 Å². The molecule has 0 fully saturated rings. The molecule has 7 rings (SSSR count). The minimum Gasteiger partial charge on any atom is -0.509 e. The Hall–Kier alpha value is -4.50. The van der Waals surface area contributed by atoms with E-state index in [-0.39, 0.29) is 37.2 Å². The molecule has 53 heavy (non-hydrogen) atoms. The molecule has 0 unspecified atom stereocenters. The molecule has 6 heteroatoms. The van der Waals surface area contributed by atoms with Crippen LogP contribution >= 0.6 is 0 Å². The van der Waals surface area contributed by atoms with E-state index in [1.807, 2.05) is 16.9 Å². The molecule has 0 aliphatic rings. The van der Waals surface area contributed by atoms with Gasteiger partial charge in [-0.3, -0.25) is 4.68 Å². The van der Waals surface area contributed by atoms with Crippen LogP contribution in [0, 0.1) is 39.8 Å². The van der Waals surface area contributed by atoms with Crippen LogP contribution < -0.4 is 4.74 Å². The molecule has 7 aromatic rings. The van der Waals surface area contributed by atoms with E-state index in [1.165, 1.54) is 33.4 Å². The summed E-state index contributed by atoms with van der Waals surface area (Å²) in [5.74, 6) is 2.38. The van der Waals surface area contributed by atoms with E-state index in [4.69, 9.17) is 14.8 Å². The summed E-state index contributed by atoms with van der Waals surface area (Å²) in [7, 11) is 0. The predicted molar refractivity (Wildman–Crippen MR) is 216 cm³/mol. The molecule has 0 spiro atoms. The smallest absolute Gasteiger partial charge is 0.509 e. The fourth-order valence-electron chi connectivity index (χ4n) is 7.38. The van der Waals surface area contributed by atoms with E-state index < -0.39 is 0 Å². The maximum atomic E-state index is 6.66. The Balaban J connectivity index is 0.00000481. The molecular formula is C47H50N4OPd. The molecular weight excluding hydrogens is 743 g/mol. The quantitative estimate of drug-likeness (QED) is 0.124. The average molecular weight is 793 g/mol. The number of aryl methyl sites for hydroxylation is 3. The molecule has 0 saturated carbocycles. The van der Waals surface area contributed by atoms with Crippen LogP contribution in [0.4, 0.5) is 0 Å². The van der Waals surface area contributed by atoms with E-state index in [2.05, 4.69) is 167 Å². The van der Waals surface area contributed by atoms with Crippen molar-refractivity contribution in [3.05, 3.63) is 130 Å². The first-order valence-electron chi connectivity index (χ1n) is 18.4. The molecule has 0 aliphatic carbocycles. The summed E-state index contributed by atoms with van der Waals surface area (Å²) < 4.78 is 10.9. The normalized spacial score (nSPS) is 12.2. The number of aromatic nitrogens is 4. The zero-order chi connectivity index (χ0) is 37.3. The van der Waals surface area contributed by atoms with Crippen molar-refractivity contribution in [2.45, 2.75) is 99.8 Å². The third-order valence-electron chi connectivity index (χ3n) is 10.3. The minimum absolute atomic E-state index is 0. The number of para-hydroxylation sites is 1. The summed E-state index contributed by atoms with van der Waals surface area (Å²) in [4.78, 5) is 4.84. The summed E-state index contributed by atoms with van der Waals surface area (Å²) in [5, 5.41) is 7.36. The predicted octanol–water partition coefficient (Wildman–Crippen LogP) is 12.4. The van der Waals surface area contributed by atoms with Gasteiger partial charge in [0, 0.05) is 34.5 Å². The van der Waals surface area contributed by atoms with Crippen LogP contribution in [0.25, 0.3) is 44.4 Å². The Morgan fingerprint density at radius 3 is 2.04 bits per heavy atom. The first kappa shape index (κ1) is 38.2. The van der Waals surface area contributed by atoms with Gasteiger partial charge in [0.25, 0.3) is 0 Å². The number of nitrogens with zero attached hydrogens (tertiary/aromatic N) is 4. The number of hydrogen-bond donors (Lipinski definition) is 0. The second-order valence-corrected chi connectivity index (χ2v) is 16.7. The van der Waals surface area contributed by atoms with Gasteiger partial charge in [0.2, 0.25) is 0 Å². The van der Waals surface area contributed by atoms with E-state index in [1.54, 1.807) is 0 Å². The molecule has 3 aromatic heterocycles. The van der Waals surface area contributed by atoms with Crippen LogP contribution in [-0.4, -0.2) is 19.3 Å². The topological polar surface area (TPSA) is 44.9 Å². The summed E-state index contributed by atoms with van der Waals surface area (Å²) in [5.41, 5.74) is 13.7. The van der Waals surface area contributed by atoms with E-state index in [0.29, 0.717) is 11.5 Å². The zero-order valence-electron chi connectivity index (χ0n) is 33.1. The number of ether oxygens (including phenoxy) is 1. The molecule has 0 saturated heterocycles. The molecule has 0 aliphatic heterocycles. The monoisotopic (exact) mass is 792 g/mol. The summed E-state index contributed by atoms with van der Waals surface area (Å²) in [6, 6.07) is 33.0. The first-order chi connectivity index (χ1) is 24.5. The molecule has 0 radical (unpaired) electrons. The van der Waals surface area contributed by atoms with Gasteiger partial charge in [-0.15, -0.1) is 41.3 Å². The summed E-state index contributed by atoms with van der Waals surface area (Å²) >= 11 is 0. The largest absolute Gasteiger partial charge is 2.00 e. The average Bonchev–Trinajstić information content (AvgIpc) is 3.56. The van der Waals surface area contributed by atoms with Crippen molar-refractivity contribution >= 4 is 21.8 Å². The molecule has 274 valence electrons. The number of fused-ring (bicyclic) bond motifs is 3. The maximum Gasteiger partial charge on any atom is 2.00 e. The van der Waals surface area contributed by atoms with Crippen LogP contribution in [0.3, 0.4) is 0 Å². The van der Waals surface area contributed by atoms with Gasteiger partial charge >= 0.3 is 20.4 Å². The SMILES string of the molecule is Cc1cc(C(C)(C)C)cc(C)c1-c1c(C)nn(-c2[c-]c(Oc3[c-]c4c(cc3)c3ccccc3n4-c3cc(C(C)(C)C)ccn3)cc(C(C)C)c2)c1C.[Pd+2]. The van der Waals surface area contributed by atoms with Gasteiger partial charge < -0.3 is 9.30 Å². The summed E-state index contributed by atoms with van der Waals surface area (Å²) in [6.07, 6.45) is 1.90. The molecule has 0 N–H and O–H groups in total. The van der Waals surface area contributed by atoms with Gasteiger partial charge in [-0.2, -0.15) is 11.2 Å². The van der Waals surface area contributed by atoms with E-state index in [9.17, 15) is 0 Å². The Kier molecular flexibility index (Phi) is 10.1. The van der Waals surface area contributed by atoms with Crippen molar-refractivity contribution < 1.29 is 25.2 Å². The van der Waals surface area contributed by atoms with E-state index >= 15 is 0 Å². The van der Waals surface area contributed by atoms with Crippen molar-refractivity contribution in [3.63, 3.8) is 0 Å². The second kappa shape index (κ2) is 14.1. The molecule has 4 aromatic carbocycles. The van der Waals surface area contributed by atoms with Crippen molar-refractivity contribution in [3.8, 4) is 34.1 Å². The Labute approximate surface area is 329 Å². The van der Waals surface area contributed by atoms with Crippen LogP contribution in [0.15, 0.2) is 79.0 Å². The molecule has 0 bridgehead atoms. The van der Waals surface area contributed by atoms with Crippen molar-refractivity contribution in [2.24, 2.45) is 0 Å². The third-order valence-corrected chi connectivity index (χ3v) is 10.3. The molecule has 5 nitrogen and oxygen atoms in total. The first-order valence-corrected chi connectivity index (χ1v) is 18.4. The Bertz CT molecular complexity index is 2460. The molecule has 3 heterocycles. The van der Waals surface area contributed by atoms with Crippen molar-refractivity contribution in [1.29, 1.82) is 0 Å². The van der Waals surface area contributed by atoms with E-state index in [0.717, 1.165) is 50.3 Å². The van der Waals surface area contributed by atoms with Gasteiger partial charge in [0.1, 0.15) is 5.82 Å². The molecule has 0 atom stereocenters. The minimum atomic E-state index is -0.00974. The molecule has 0 amide bonds. The second-order valence-electron chi connectivity index (χ2n) is 16.7. The Morgan fingerprint density at radius 1 is 0.698 bits per heavy atom. The maximum absolute atomic E-state index is 6.66. The van der Waals surface area contributed by atoms with Gasteiger partial charge in [-0.1, -0.05) is 91.2 Å². The Morgan fingerprint density at radius 2 is 1.38 bits per heavy atom. The fourth-order valence-corrected chi connectivity index (χ4v) is 7.38. The van der Waals surface area contributed by atoms with Gasteiger partial charge in [-0.05, 0) is 102 Å². The number of hydrogen-bond acceptors (Lipinski definition) is 3. The van der Waals surface area contributed by atoms with Crippen molar-refractivity contribution in [1.82, 2.24) is 19.3 Å². The summed E-state index contributed by atoms with van der Waals surface area (Å²) in [6.45, 7) is 26.6. The van der Waals surface area contributed by atoms with Crippen LogP contribution in [0.1, 0.15) is 101 Å².